The maximum absolute atomic E-state index is 2.42. The van der Waals surface area contributed by atoms with E-state index in [0.717, 1.165) is 17.7 Å². The molecule has 1 saturated heterocycles. The van der Waals surface area contributed by atoms with Crippen LogP contribution in [0.15, 0.2) is 0 Å². The molecule has 2 fully saturated rings. The van der Waals surface area contributed by atoms with E-state index in [2.05, 4.69) is 7.85 Å². The topological polar surface area (TPSA) is 0 Å². The predicted molar refractivity (Wildman–Crippen MR) is 45.3 cm³/mol. The number of rotatable bonds is 0. The molecule has 0 nitrogen and oxygen atoms in total. The van der Waals surface area contributed by atoms with Gasteiger partial charge in [-0.2, -0.15) is 0 Å². The molecule has 2 aliphatic rings. The molecule has 2 unspecified atom stereocenters. The van der Waals surface area contributed by atoms with Crippen molar-refractivity contribution in [3.63, 3.8) is 0 Å². The molecular weight excluding hydrogens is 106 g/mol. The first-order chi connectivity index (χ1) is 4.36. The fourth-order valence-corrected chi connectivity index (χ4v) is 2.86. The largest absolute Gasteiger partial charge is 0.121 e. The van der Waals surface area contributed by atoms with Crippen molar-refractivity contribution in [2.75, 3.05) is 0 Å². The normalized spacial score (nSPS) is 48.7. The molecule has 1 heterocycles. The lowest BCUT2D eigenvalue weighted by molar-refractivity contribution is 0.486. The van der Waals surface area contributed by atoms with Crippen molar-refractivity contribution in [2.24, 2.45) is 11.8 Å². The highest BCUT2D eigenvalue weighted by atomic mass is 14.3. The Kier molecular flexibility index (Phi) is 1.35. The summed E-state index contributed by atoms with van der Waals surface area (Å²) in [5, 5.41) is 0. The highest BCUT2D eigenvalue weighted by Crippen LogP contribution is 2.46. The van der Waals surface area contributed by atoms with Crippen molar-refractivity contribution >= 4 is 15.1 Å². The van der Waals surface area contributed by atoms with Crippen LogP contribution in [0.1, 0.15) is 12.8 Å². The van der Waals surface area contributed by atoms with Gasteiger partial charge >= 0.3 is 0 Å². The van der Waals surface area contributed by atoms with Gasteiger partial charge in [-0.05, 0) is 11.8 Å². The Morgan fingerprint density at radius 1 is 1.11 bits per heavy atom. The van der Waals surface area contributed by atoms with Gasteiger partial charge in [0.15, 0.2) is 0 Å². The average Bonchev–Trinajstić information content (AvgIpc) is 2.22. The Balaban J connectivity index is 2.02. The summed E-state index contributed by atoms with van der Waals surface area (Å²) in [5.74, 6) is 3.36. The standard InChI is InChI=1S/C7H14B2/c8-7-1-5-3-9-4-6(5)2-7/h5-7,9H,1-4,8H2. The smallest absolute Gasteiger partial charge is 0.0744 e. The van der Waals surface area contributed by atoms with Crippen molar-refractivity contribution in [2.45, 2.75) is 31.3 Å². The number of fused-ring (bicyclic) bond motifs is 1. The molecule has 48 valence electrons. The molecule has 0 aromatic rings. The summed E-state index contributed by atoms with van der Waals surface area (Å²) >= 11 is 0. The van der Waals surface area contributed by atoms with Gasteiger partial charge in [0.1, 0.15) is 15.1 Å². The summed E-state index contributed by atoms with van der Waals surface area (Å²) in [6, 6.07) is 0. The van der Waals surface area contributed by atoms with Gasteiger partial charge in [-0.25, -0.2) is 0 Å². The monoisotopic (exact) mass is 120 g/mol. The second-order valence-corrected chi connectivity index (χ2v) is 4.03. The van der Waals surface area contributed by atoms with Gasteiger partial charge in [0.2, 0.25) is 0 Å². The van der Waals surface area contributed by atoms with Crippen molar-refractivity contribution in [1.29, 1.82) is 0 Å². The van der Waals surface area contributed by atoms with Crippen molar-refractivity contribution in [1.82, 2.24) is 0 Å². The Morgan fingerprint density at radius 2 is 1.67 bits per heavy atom. The molecule has 0 spiro atoms. The maximum atomic E-state index is 2.42. The van der Waals surface area contributed by atoms with Crippen LogP contribution in [0.5, 0.6) is 0 Å². The van der Waals surface area contributed by atoms with Crippen LogP contribution in [-0.4, -0.2) is 15.1 Å². The Bertz CT molecular complexity index is 101. The molecule has 0 bridgehead atoms. The van der Waals surface area contributed by atoms with E-state index in [1.165, 1.54) is 7.28 Å². The SMILES string of the molecule is BC1CC2CBCC2C1. The van der Waals surface area contributed by atoms with Gasteiger partial charge < -0.3 is 0 Å². The lowest BCUT2D eigenvalue weighted by atomic mass is 9.72. The fraction of sp³-hybridized carbons (Fsp3) is 1.00. The van der Waals surface area contributed by atoms with Crippen LogP contribution in [-0.2, 0) is 0 Å². The third kappa shape index (κ3) is 0.929. The fourth-order valence-electron chi connectivity index (χ4n) is 2.86. The summed E-state index contributed by atoms with van der Waals surface area (Å²) in [6.07, 6.45) is 6.19. The third-order valence-corrected chi connectivity index (χ3v) is 3.23. The Labute approximate surface area is 59.1 Å². The van der Waals surface area contributed by atoms with Gasteiger partial charge in [0.25, 0.3) is 0 Å². The molecule has 0 aromatic heterocycles. The average molecular weight is 120 g/mol. The van der Waals surface area contributed by atoms with E-state index >= 15 is 0 Å². The lowest BCUT2D eigenvalue weighted by Gasteiger charge is -2.05. The zero-order valence-corrected chi connectivity index (χ0v) is 6.27. The molecule has 1 aliphatic heterocycles. The van der Waals surface area contributed by atoms with Crippen LogP contribution in [0.4, 0.5) is 0 Å². The van der Waals surface area contributed by atoms with Crippen molar-refractivity contribution in [3.8, 4) is 0 Å². The van der Waals surface area contributed by atoms with E-state index in [9.17, 15) is 0 Å². The van der Waals surface area contributed by atoms with Crippen molar-refractivity contribution in [3.05, 3.63) is 0 Å². The molecule has 2 atom stereocenters. The first-order valence-corrected chi connectivity index (χ1v) is 4.36. The molecular formula is C7H14B2. The van der Waals surface area contributed by atoms with Crippen LogP contribution >= 0.6 is 0 Å². The molecule has 0 aromatic carbocycles. The molecule has 0 radical (unpaired) electrons. The molecule has 2 heteroatoms. The highest BCUT2D eigenvalue weighted by molar-refractivity contribution is 6.36. The van der Waals surface area contributed by atoms with E-state index in [1.807, 2.05) is 0 Å². The van der Waals surface area contributed by atoms with Gasteiger partial charge in [-0.1, -0.05) is 31.3 Å². The van der Waals surface area contributed by atoms with E-state index in [1.54, 1.807) is 25.5 Å². The van der Waals surface area contributed by atoms with Crippen LogP contribution in [0.3, 0.4) is 0 Å². The third-order valence-electron chi connectivity index (χ3n) is 3.23. The molecule has 2 rings (SSSR count). The zero-order chi connectivity index (χ0) is 6.27. The molecule has 1 aliphatic carbocycles. The Morgan fingerprint density at radius 3 is 2.22 bits per heavy atom. The van der Waals surface area contributed by atoms with Gasteiger partial charge in [0.05, 0.1) is 0 Å². The van der Waals surface area contributed by atoms with Gasteiger partial charge in [-0.3, -0.25) is 0 Å². The molecule has 9 heavy (non-hydrogen) atoms. The Hall–Kier alpha value is 0.130. The van der Waals surface area contributed by atoms with Crippen LogP contribution in [0.2, 0.25) is 18.5 Å². The highest BCUT2D eigenvalue weighted by Gasteiger charge is 2.35. The molecule has 1 saturated carbocycles. The first kappa shape index (κ1) is 5.88. The summed E-state index contributed by atoms with van der Waals surface area (Å²) in [4.78, 5) is 0. The van der Waals surface area contributed by atoms with Gasteiger partial charge in [-0.15, -0.1) is 0 Å². The maximum Gasteiger partial charge on any atom is 0.121 e. The second kappa shape index (κ2) is 2.07. The van der Waals surface area contributed by atoms with Crippen LogP contribution < -0.4 is 0 Å². The predicted octanol–water partition coefficient (Wildman–Crippen LogP) is 0.721. The van der Waals surface area contributed by atoms with Crippen LogP contribution in [0, 0.1) is 11.8 Å². The van der Waals surface area contributed by atoms with E-state index in [-0.39, 0.29) is 0 Å². The minimum Gasteiger partial charge on any atom is -0.0744 e. The van der Waals surface area contributed by atoms with E-state index in [0.29, 0.717) is 0 Å². The summed E-state index contributed by atoms with van der Waals surface area (Å²) in [5.41, 5.74) is 0. The van der Waals surface area contributed by atoms with Crippen LogP contribution in [0.25, 0.3) is 0 Å². The molecule has 0 N–H and O–H groups in total. The van der Waals surface area contributed by atoms with Crippen molar-refractivity contribution < 1.29 is 0 Å². The minimum atomic E-state index is 1.06. The first-order valence-electron chi connectivity index (χ1n) is 4.36. The summed E-state index contributed by atoms with van der Waals surface area (Å²) in [6.45, 7) is 0. The quantitative estimate of drug-likeness (QED) is 0.413. The summed E-state index contributed by atoms with van der Waals surface area (Å²) in [7, 11) is 3.94. The van der Waals surface area contributed by atoms with E-state index < -0.39 is 0 Å². The van der Waals surface area contributed by atoms with Gasteiger partial charge in [0, 0.05) is 0 Å². The summed E-state index contributed by atoms with van der Waals surface area (Å²) < 4.78 is 0. The van der Waals surface area contributed by atoms with E-state index in [4.69, 9.17) is 0 Å². The number of hydrogen-bond acceptors (Lipinski definition) is 0. The zero-order valence-electron chi connectivity index (χ0n) is 6.27. The second-order valence-electron chi connectivity index (χ2n) is 4.03. The molecule has 0 amide bonds. The lowest BCUT2D eigenvalue weighted by Crippen LogP contribution is -1.94. The number of hydrogen-bond donors (Lipinski definition) is 0. The minimum absolute atomic E-state index is 1.06.